The predicted molar refractivity (Wildman–Crippen MR) is 64.8 cm³/mol. The van der Waals surface area contributed by atoms with Gasteiger partial charge < -0.3 is 14.6 Å². The number of carboxylic acid groups (broad SMARTS) is 1. The van der Waals surface area contributed by atoms with Gasteiger partial charge in [0.1, 0.15) is 0 Å². The van der Waals surface area contributed by atoms with Crippen molar-refractivity contribution in [2.75, 3.05) is 14.2 Å². The summed E-state index contributed by atoms with van der Waals surface area (Å²) in [7, 11) is 3.13. The van der Waals surface area contributed by atoms with E-state index in [0.29, 0.717) is 11.5 Å². The zero-order chi connectivity index (χ0) is 13.1. The molecule has 0 unspecified atom stereocenters. The van der Waals surface area contributed by atoms with Crippen LogP contribution in [0.5, 0.6) is 11.5 Å². The van der Waals surface area contributed by atoms with E-state index in [1.165, 1.54) is 0 Å². The van der Waals surface area contributed by atoms with Gasteiger partial charge in [-0.1, -0.05) is 19.9 Å². The molecule has 0 spiro atoms. The van der Waals surface area contributed by atoms with Crippen LogP contribution < -0.4 is 9.47 Å². The summed E-state index contributed by atoms with van der Waals surface area (Å²) < 4.78 is 10.3. The summed E-state index contributed by atoms with van der Waals surface area (Å²) in [5, 5.41) is 8.88. The van der Waals surface area contributed by atoms with E-state index in [1.54, 1.807) is 20.3 Å². The van der Waals surface area contributed by atoms with Crippen LogP contribution in [-0.2, 0) is 10.2 Å². The second-order valence-electron chi connectivity index (χ2n) is 4.52. The minimum atomic E-state index is -0.815. The van der Waals surface area contributed by atoms with Crippen molar-refractivity contribution in [1.29, 1.82) is 0 Å². The first-order valence-corrected chi connectivity index (χ1v) is 5.35. The van der Waals surface area contributed by atoms with Gasteiger partial charge in [0.15, 0.2) is 11.5 Å². The van der Waals surface area contributed by atoms with E-state index in [0.717, 1.165) is 5.56 Å². The molecule has 0 amide bonds. The summed E-state index contributed by atoms with van der Waals surface area (Å²) in [4.78, 5) is 10.8. The fourth-order valence-electron chi connectivity index (χ4n) is 1.74. The van der Waals surface area contributed by atoms with E-state index in [-0.39, 0.29) is 6.42 Å². The number of benzene rings is 1. The van der Waals surface area contributed by atoms with Crippen molar-refractivity contribution >= 4 is 5.97 Å². The molecule has 0 fully saturated rings. The average Bonchev–Trinajstić information content (AvgIpc) is 2.26. The zero-order valence-corrected chi connectivity index (χ0v) is 10.6. The van der Waals surface area contributed by atoms with Crippen molar-refractivity contribution in [3.05, 3.63) is 23.8 Å². The lowest BCUT2D eigenvalue weighted by Crippen LogP contribution is -2.21. The van der Waals surface area contributed by atoms with Gasteiger partial charge in [0.05, 0.1) is 20.6 Å². The maximum atomic E-state index is 10.8. The highest BCUT2D eigenvalue weighted by Crippen LogP contribution is 2.34. The number of carbonyl (C=O) groups is 1. The Morgan fingerprint density at radius 1 is 1.24 bits per heavy atom. The third-order valence-corrected chi connectivity index (χ3v) is 2.76. The van der Waals surface area contributed by atoms with Gasteiger partial charge in [0.2, 0.25) is 0 Å². The molecule has 0 aliphatic carbocycles. The van der Waals surface area contributed by atoms with Crippen LogP contribution in [0.15, 0.2) is 18.2 Å². The minimum Gasteiger partial charge on any atom is -0.493 e. The molecule has 0 saturated carbocycles. The molecule has 1 aromatic carbocycles. The Morgan fingerprint density at radius 3 is 2.29 bits per heavy atom. The normalized spacial score (nSPS) is 11.1. The van der Waals surface area contributed by atoms with Crippen LogP contribution >= 0.6 is 0 Å². The molecule has 1 N–H and O–H groups in total. The molecular weight excluding hydrogens is 220 g/mol. The third kappa shape index (κ3) is 3.12. The molecule has 0 aromatic heterocycles. The second kappa shape index (κ2) is 5.08. The molecule has 1 aromatic rings. The number of ether oxygens (including phenoxy) is 2. The van der Waals surface area contributed by atoms with Gasteiger partial charge in [-0.3, -0.25) is 4.79 Å². The van der Waals surface area contributed by atoms with E-state index < -0.39 is 11.4 Å². The standard InChI is InChI=1S/C13H18O4/c1-13(2,8-12(14)15)9-5-6-10(16-3)11(7-9)17-4/h5-7H,8H2,1-4H3,(H,14,15). The lowest BCUT2D eigenvalue weighted by Gasteiger charge is -2.24. The maximum absolute atomic E-state index is 10.8. The van der Waals surface area contributed by atoms with Gasteiger partial charge in [-0.15, -0.1) is 0 Å². The molecule has 1 rings (SSSR count). The van der Waals surface area contributed by atoms with Crippen molar-refractivity contribution in [2.24, 2.45) is 0 Å². The van der Waals surface area contributed by atoms with E-state index in [9.17, 15) is 4.79 Å². The summed E-state index contributed by atoms with van der Waals surface area (Å²) in [5.41, 5.74) is 0.475. The molecular formula is C13H18O4. The van der Waals surface area contributed by atoms with Crippen LogP contribution in [0.3, 0.4) is 0 Å². The summed E-state index contributed by atoms with van der Waals surface area (Å²) in [6.45, 7) is 3.78. The molecule has 17 heavy (non-hydrogen) atoms. The van der Waals surface area contributed by atoms with Crippen molar-refractivity contribution in [1.82, 2.24) is 0 Å². The van der Waals surface area contributed by atoms with Crippen LogP contribution in [0.25, 0.3) is 0 Å². The van der Waals surface area contributed by atoms with Gasteiger partial charge in [0, 0.05) is 5.41 Å². The Kier molecular flexibility index (Phi) is 3.99. The van der Waals surface area contributed by atoms with Crippen LogP contribution in [0, 0.1) is 0 Å². The first kappa shape index (κ1) is 13.4. The molecule has 4 nitrogen and oxygen atoms in total. The number of methoxy groups -OCH3 is 2. The van der Waals surface area contributed by atoms with Crippen molar-refractivity contribution in [3.63, 3.8) is 0 Å². The fourth-order valence-corrected chi connectivity index (χ4v) is 1.74. The van der Waals surface area contributed by atoms with Gasteiger partial charge in [-0.2, -0.15) is 0 Å². The first-order chi connectivity index (χ1) is 7.90. The molecule has 0 aliphatic heterocycles. The molecule has 0 radical (unpaired) electrons. The lowest BCUT2D eigenvalue weighted by atomic mass is 9.81. The highest BCUT2D eigenvalue weighted by molar-refractivity contribution is 5.69. The molecule has 0 saturated heterocycles. The van der Waals surface area contributed by atoms with Crippen LogP contribution in [0.2, 0.25) is 0 Å². The van der Waals surface area contributed by atoms with Crippen LogP contribution in [0.4, 0.5) is 0 Å². The van der Waals surface area contributed by atoms with E-state index >= 15 is 0 Å². The van der Waals surface area contributed by atoms with Crippen molar-refractivity contribution < 1.29 is 19.4 Å². The third-order valence-electron chi connectivity index (χ3n) is 2.76. The van der Waals surface area contributed by atoms with E-state index in [4.69, 9.17) is 14.6 Å². The highest BCUT2D eigenvalue weighted by atomic mass is 16.5. The molecule has 0 atom stereocenters. The van der Waals surface area contributed by atoms with Gasteiger partial charge in [-0.05, 0) is 17.7 Å². The molecule has 0 heterocycles. The molecule has 94 valence electrons. The van der Waals surface area contributed by atoms with Crippen molar-refractivity contribution in [2.45, 2.75) is 25.7 Å². The highest BCUT2D eigenvalue weighted by Gasteiger charge is 2.25. The monoisotopic (exact) mass is 238 g/mol. The molecule has 4 heteroatoms. The van der Waals surface area contributed by atoms with Crippen molar-refractivity contribution in [3.8, 4) is 11.5 Å². The fraction of sp³-hybridized carbons (Fsp3) is 0.462. The zero-order valence-electron chi connectivity index (χ0n) is 10.6. The Morgan fingerprint density at radius 2 is 1.82 bits per heavy atom. The summed E-state index contributed by atoms with van der Waals surface area (Å²) >= 11 is 0. The maximum Gasteiger partial charge on any atom is 0.304 e. The first-order valence-electron chi connectivity index (χ1n) is 5.35. The van der Waals surface area contributed by atoms with E-state index in [1.807, 2.05) is 26.0 Å². The number of hydrogen-bond donors (Lipinski definition) is 1. The van der Waals surface area contributed by atoms with E-state index in [2.05, 4.69) is 0 Å². The number of hydrogen-bond acceptors (Lipinski definition) is 3. The predicted octanol–water partition coefficient (Wildman–Crippen LogP) is 2.46. The van der Waals surface area contributed by atoms with Gasteiger partial charge in [-0.25, -0.2) is 0 Å². The van der Waals surface area contributed by atoms with Gasteiger partial charge >= 0.3 is 5.97 Å². The summed E-state index contributed by atoms with van der Waals surface area (Å²) in [6.07, 6.45) is 0.0719. The Hall–Kier alpha value is -1.71. The number of rotatable bonds is 5. The summed E-state index contributed by atoms with van der Waals surface area (Å²) in [6, 6.07) is 5.48. The SMILES string of the molecule is COc1ccc(C(C)(C)CC(=O)O)cc1OC. The largest absolute Gasteiger partial charge is 0.493 e. The van der Waals surface area contributed by atoms with Crippen LogP contribution in [-0.4, -0.2) is 25.3 Å². The topological polar surface area (TPSA) is 55.8 Å². The Bertz CT molecular complexity index is 410. The Labute approximate surface area is 101 Å². The summed E-state index contributed by atoms with van der Waals surface area (Å²) in [5.74, 6) is 0.440. The molecule has 0 bridgehead atoms. The van der Waals surface area contributed by atoms with Crippen LogP contribution in [0.1, 0.15) is 25.8 Å². The molecule has 0 aliphatic rings. The number of aliphatic carboxylic acids is 1. The van der Waals surface area contributed by atoms with Gasteiger partial charge in [0.25, 0.3) is 0 Å². The minimum absolute atomic E-state index is 0.0719. The number of carboxylic acids is 1. The smallest absolute Gasteiger partial charge is 0.304 e. The lowest BCUT2D eigenvalue weighted by molar-refractivity contribution is -0.138. The average molecular weight is 238 g/mol. The Balaban J connectivity index is 3.10. The quantitative estimate of drug-likeness (QED) is 0.856. The second-order valence-corrected chi connectivity index (χ2v) is 4.52.